The third-order valence-electron chi connectivity index (χ3n) is 3.66. The predicted octanol–water partition coefficient (Wildman–Crippen LogP) is 1.10. The molecule has 110 valence electrons. The highest BCUT2D eigenvalue weighted by Crippen LogP contribution is 2.15. The highest BCUT2D eigenvalue weighted by Gasteiger charge is 2.25. The summed E-state index contributed by atoms with van der Waals surface area (Å²) >= 11 is 0. The molecule has 0 unspecified atom stereocenters. The van der Waals surface area contributed by atoms with Gasteiger partial charge in [-0.05, 0) is 24.5 Å². The van der Waals surface area contributed by atoms with Gasteiger partial charge in [0.25, 0.3) is 0 Å². The van der Waals surface area contributed by atoms with E-state index in [-0.39, 0.29) is 11.9 Å². The minimum Gasteiger partial charge on any atom is -0.368 e. The van der Waals surface area contributed by atoms with E-state index in [2.05, 4.69) is 23.7 Å². The Morgan fingerprint density at radius 3 is 2.40 bits per heavy atom. The van der Waals surface area contributed by atoms with E-state index in [1.807, 2.05) is 17.0 Å². The van der Waals surface area contributed by atoms with Gasteiger partial charge in [-0.2, -0.15) is 0 Å². The van der Waals surface area contributed by atoms with Crippen molar-refractivity contribution < 1.29 is 4.79 Å². The number of nitrogens with zero attached hydrogens (tertiary/aromatic N) is 3. The molecule has 2 N–H and O–H groups in total. The highest BCUT2D eigenvalue weighted by atomic mass is 16.2. The molecule has 20 heavy (non-hydrogen) atoms. The molecule has 1 atom stereocenters. The van der Waals surface area contributed by atoms with Gasteiger partial charge in [0.1, 0.15) is 0 Å². The standard InChI is InChI=1S/C15H24N4O/c1-12(2)11-14(16)15(20)19-9-7-18(8-10-19)13-3-5-17-6-4-13/h3-6,12,14H,7-11,16H2,1-2H3/t14-/m0/s1. The van der Waals surface area contributed by atoms with Crippen LogP contribution in [0, 0.1) is 5.92 Å². The van der Waals surface area contributed by atoms with Crippen LogP contribution in [0.2, 0.25) is 0 Å². The summed E-state index contributed by atoms with van der Waals surface area (Å²) in [5.41, 5.74) is 7.15. The molecule has 5 heteroatoms. The normalized spacial score (nSPS) is 17.4. The second kappa shape index (κ2) is 6.70. The molecule has 1 aromatic heterocycles. The number of amides is 1. The van der Waals surface area contributed by atoms with Crippen LogP contribution in [0.25, 0.3) is 0 Å². The first-order chi connectivity index (χ1) is 9.58. The van der Waals surface area contributed by atoms with Crippen molar-refractivity contribution in [3.8, 4) is 0 Å². The molecule has 0 spiro atoms. The number of carbonyl (C=O) groups excluding carboxylic acids is 1. The van der Waals surface area contributed by atoms with Gasteiger partial charge in [-0.15, -0.1) is 0 Å². The molecule has 0 saturated carbocycles. The van der Waals surface area contributed by atoms with Crippen molar-refractivity contribution in [2.24, 2.45) is 11.7 Å². The van der Waals surface area contributed by atoms with Gasteiger partial charge in [0.05, 0.1) is 6.04 Å². The number of anilines is 1. The molecule has 0 radical (unpaired) electrons. The molecule has 5 nitrogen and oxygen atoms in total. The smallest absolute Gasteiger partial charge is 0.239 e. The fraction of sp³-hybridized carbons (Fsp3) is 0.600. The molecular formula is C15H24N4O. The summed E-state index contributed by atoms with van der Waals surface area (Å²) in [5, 5.41) is 0. The highest BCUT2D eigenvalue weighted by molar-refractivity contribution is 5.81. The van der Waals surface area contributed by atoms with Crippen LogP contribution >= 0.6 is 0 Å². The van der Waals surface area contributed by atoms with E-state index in [0.29, 0.717) is 5.92 Å². The minimum absolute atomic E-state index is 0.0908. The molecule has 1 saturated heterocycles. The maximum absolute atomic E-state index is 12.2. The van der Waals surface area contributed by atoms with Gasteiger partial charge in [0.15, 0.2) is 0 Å². The summed E-state index contributed by atoms with van der Waals surface area (Å²) in [5.74, 6) is 0.542. The number of nitrogens with two attached hydrogens (primary N) is 1. The maximum Gasteiger partial charge on any atom is 0.239 e. The van der Waals surface area contributed by atoms with Gasteiger partial charge < -0.3 is 15.5 Å². The van der Waals surface area contributed by atoms with Crippen molar-refractivity contribution in [2.75, 3.05) is 31.1 Å². The van der Waals surface area contributed by atoms with Crippen molar-refractivity contribution >= 4 is 11.6 Å². The fourth-order valence-electron chi connectivity index (χ4n) is 2.58. The van der Waals surface area contributed by atoms with Gasteiger partial charge in [-0.25, -0.2) is 0 Å². The molecule has 1 aliphatic heterocycles. The van der Waals surface area contributed by atoms with Crippen molar-refractivity contribution in [3.05, 3.63) is 24.5 Å². The molecule has 0 aliphatic carbocycles. The second-order valence-electron chi connectivity index (χ2n) is 5.75. The zero-order valence-electron chi connectivity index (χ0n) is 12.3. The van der Waals surface area contributed by atoms with Crippen molar-refractivity contribution in [1.82, 2.24) is 9.88 Å². The summed E-state index contributed by atoms with van der Waals surface area (Å²) in [4.78, 5) is 20.4. The Labute approximate surface area is 120 Å². The summed E-state index contributed by atoms with van der Waals surface area (Å²) in [6, 6.07) is 3.65. The van der Waals surface area contributed by atoms with Crippen molar-refractivity contribution in [3.63, 3.8) is 0 Å². The van der Waals surface area contributed by atoms with Gasteiger partial charge >= 0.3 is 0 Å². The molecule has 1 aromatic rings. The van der Waals surface area contributed by atoms with Crippen molar-refractivity contribution in [2.45, 2.75) is 26.3 Å². The van der Waals surface area contributed by atoms with Crippen LogP contribution < -0.4 is 10.6 Å². The number of rotatable bonds is 4. The van der Waals surface area contributed by atoms with E-state index in [1.165, 1.54) is 5.69 Å². The summed E-state index contributed by atoms with van der Waals surface area (Å²) in [6.45, 7) is 7.37. The van der Waals surface area contributed by atoms with Gasteiger partial charge in [0.2, 0.25) is 5.91 Å². The van der Waals surface area contributed by atoms with Crippen LogP contribution in [-0.4, -0.2) is 48.0 Å². The maximum atomic E-state index is 12.2. The number of hydrogen-bond acceptors (Lipinski definition) is 4. The first kappa shape index (κ1) is 14.8. The second-order valence-corrected chi connectivity index (χ2v) is 5.75. The third kappa shape index (κ3) is 3.70. The lowest BCUT2D eigenvalue weighted by Crippen LogP contribution is -2.53. The topological polar surface area (TPSA) is 62.5 Å². The Morgan fingerprint density at radius 2 is 1.85 bits per heavy atom. The molecule has 2 heterocycles. The lowest BCUT2D eigenvalue weighted by molar-refractivity contribution is -0.133. The van der Waals surface area contributed by atoms with E-state index in [4.69, 9.17) is 5.73 Å². The third-order valence-corrected chi connectivity index (χ3v) is 3.66. The molecule has 0 bridgehead atoms. The predicted molar refractivity (Wildman–Crippen MR) is 80.5 cm³/mol. The van der Waals surface area contributed by atoms with Crippen LogP contribution in [-0.2, 0) is 4.79 Å². The van der Waals surface area contributed by atoms with E-state index in [0.717, 1.165) is 32.6 Å². The SMILES string of the molecule is CC(C)C[C@H](N)C(=O)N1CCN(c2ccncc2)CC1. The average Bonchev–Trinajstić information content (AvgIpc) is 2.47. The Kier molecular flexibility index (Phi) is 4.95. The Morgan fingerprint density at radius 1 is 1.25 bits per heavy atom. The van der Waals surface area contributed by atoms with Gasteiger partial charge in [-0.1, -0.05) is 13.8 Å². The number of aromatic nitrogens is 1. The van der Waals surface area contributed by atoms with E-state index >= 15 is 0 Å². The zero-order chi connectivity index (χ0) is 14.5. The van der Waals surface area contributed by atoms with E-state index in [9.17, 15) is 4.79 Å². The molecule has 1 amide bonds. The Balaban J connectivity index is 1.86. The average molecular weight is 276 g/mol. The molecule has 1 fully saturated rings. The number of piperazine rings is 1. The van der Waals surface area contributed by atoms with Crippen LogP contribution in [0.15, 0.2) is 24.5 Å². The van der Waals surface area contributed by atoms with Crippen LogP contribution in [0.3, 0.4) is 0 Å². The number of pyridine rings is 1. The molecule has 2 rings (SSSR count). The number of carbonyl (C=O) groups is 1. The largest absolute Gasteiger partial charge is 0.368 e. The summed E-state index contributed by atoms with van der Waals surface area (Å²) < 4.78 is 0. The minimum atomic E-state index is -0.359. The fourth-order valence-corrected chi connectivity index (χ4v) is 2.58. The lowest BCUT2D eigenvalue weighted by Gasteiger charge is -2.37. The molecule has 0 aromatic carbocycles. The van der Waals surface area contributed by atoms with E-state index < -0.39 is 0 Å². The van der Waals surface area contributed by atoms with Crippen molar-refractivity contribution in [1.29, 1.82) is 0 Å². The summed E-state index contributed by atoms with van der Waals surface area (Å²) in [7, 11) is 0. The van der Waals surface area contributed by atoms with Gasteiger partial charge in [0, 0.05) is 44.3 Å². The van der Waals surface area contributed by atoms with E-state index in [1.54, 1.807) is 12.4 Å². The van der Waals surface area contributed by atoms with Crippen LogP contribution in [0.1, 0.15) is 20.3 Å². The van der Waals surface area contributed by atoms with Crippen LogP contribution in [0.5, 0.6) is 0 Å². The van der Waals surface area contributed by atoms with Gasteiger partial charge in [-0.3, -0.25) is 9.78 Å². The Bertz CT molecular complexity index is 427. The molecular weight excluding hydrogens is 252 g/mol. The summed E-state index contributed by atoms with van der Waals surface area (Å²) in [6.07, 6.45) is 4.35. The zero-order valence-corrected chi connectivity index (χ0v) is 12.3. The Hall–Kier alpha value is -1.62. The number of hydrogen-bond donors (Lipinski definition) is 1. The first-order valence-electron chi connectivity index (χ1n) is 7.27. The monoisotopic (exact) mass is 276 g/mol. The molecule has 1 aliphatic rings. The lowest BCUT2D eigenvalue weighted by atomic mass is 10.0. The van der Waals surface area contributed by atoms with Crippen LogP contribution in [0.4, 0.5) is 5.69 Å². The quantitative estimate of drug-likeness (QED) is 0.894. The first-order valence-corrected chi connectivity index (χ1v) is 7.27.